The molecule has 1 aromatic carbocycles. The summed E-state index contributed by atoms with van der Waals surface area (Å²) in [5, 5.41) is 0. The molecule has 1 aliphatic heterocycles. The van der Waals surface area contributed by atoms with E-state index in [1.807, 2.05) is 4.90 Å². The Morgan fingerprint density at radius 2 is 2.06 bits per heavy atom. The number of hydrogen-bond donors (Lipinski definition) is 1. The minimum atomic E-state index is -0.559. The van der Waals surface area contributed by atoms with E-state index in [2.05, 4.69) is 4.99 Å². The average Bonchev–Trinajstić information content (AvgIpc) is 3.03. The molecule has 1 unspecified atom stereocenters. The third-order valence-electron chi connectivity index (χ3n) is 3.29. The number of guanidine groups is 1. The van der Waals surface area contributed by atoms with Crippen LogP contribution in [-0.2, 0) is 0 Å². The Hall–Kier alpha value is -1.65. The molecule has 0 bridgehead atoms. The first kappa shape index (κ1) is 10.5. The van der Waals surface area contributed by atoms with Crippen LogP contribution < -0.4 is 5.73 Å². The summed E-state index contributed by atoms with van der Waals surface area (Å²) in [4.78, 5) is 6.11. The van der Waals surface area contributed by atoms with E-state index in [1.54, 1.807) is 0 Å². The van der Waals surface area contributed by atoms with E-state index in [0.29, 0.717) is 24.1 Å². The van der Waals surface area contributed by atoms with Crippen LogP contribution in [-0.4, -0.2) is 23.4 Å². The molecular weight excluding hydrogens is 224 g/mol. The molecule has 1 fully saturated rings. The van der Waals surface area contributed by atoms with E-state index < -0.39 is 11.6 Å². The van der Waals surface area contributed by atoms with Crippen molar-refractivity contribution >= 4 is 5.96 Å². The number of nitrogens with zero attached hydrogens (tertiary/aromatic N) is 2. The summed E-state index contributed by atoms with van der Waals surface area (Å²) >= 11 is 0. The molecule has 17 heavy (non-hydrogen) atoms. The van der Waals surface area contributed by atoms with Crippen molar-refractivity contribution < 1.29 is 8.78 Å². The molecular formula is C12H13F2N3. The smallest absolute Gasteiger partial charge is 0.192 e. The highest BCUT2D eigenvalue weighted by atomic mass is 19.1. The van der Waals surface area contributed by atoms with Crippen molar-refractivity contribution in [1.82, 2.24) is 4.90 Å². The Bertz CT molecular complexity index is 483. The molecule has 3 nitrogen and oxygen atoms in total. The molecule has 0 aromatic heterocycles. The third kappa shape index (κ3) is 1.75. The van der Waals surface area contributed by atoms with Gasteiger partial charge in [0.1, 0.15) is 11.6 Å². The van der Waals surface area contributed by atoms with Crippen LogP contribution in [0, 0.1) is 11.6 Å². The Kier molecular flexibility index (Phi) is 2.28. The summed E-state index contributed by atoms with van der Waals surface area (Å²) in [6.45, 7) is 0.449. The van der Waals surface area contributed by atoms with Crippen molar-refractivity contribution in [2.45, 2.75) is 24.9 Å². The van der Waals surface area contributed by atoms with Gasteiger partial charge in [0.25, 0.3) is 0 Å². The highest BCUT2D eigenvalue weighted by Gasteiger charge is 2.39. The number of rotatable bonds is 2. The van der Waals surface area contributed by atoms with Gasteiger partial charge >= 0.3 is 0 Å². The van der Waals surface area contributed by atoms with Crippen LogP contribution in [0.5, 0.6) is 0 Å². The summed E-state index contributed by atoms with van der Waals surface area (Å²) in [7, 11) is 0. The average molecular weight is 237 g/mol. The second-order valence-corrected chi connectivity index (χ2v) is 4.52. The molecule has 2 aliphatic rings. The molecule has 2 N–H and O–H groups in total. The number of benzene rings is 1. The number of hydrogen-bond acceptors (Lipinski definition) is 3. The third-order valence-corrected chi connectivity index (χ3v) is 3.29. The zero-order valence-corrected chi connectivity index (χ0v) is 9.24. The first-order valence-electron chi connectivity index (χ1n) is 5.70. The molecule has 5 heteroatoms. The predicted octanol–water partition coefficient (Wildman–Crippen LogP) is 1.80. The first-order valence-corrected chi connectivity index (χ1v) is 5.70. The first-order chi connectivity index (χ1) is 8.16. The monoisotopic (exact) mass is 237 g/mol. The fraction of sp³-hybridized carbons (Fsp3) is 0.417. The van der Waals surface area contributed by atoms with Gasteiger partial charge in [-0.3, -0.25) is 4.99 Å². The van der Waals surface area contributed by atoms with E-state index in [0.717, 1.165) is 18.9 Å². The van der Waals surface area contributed by atoms with Gasteiger partial charge in [0.05, 0.1) is 12.6 Å². The summed E-state index contributed by atoms with van der Waals surface area (Å²) in [6.07, 6.45) is 2.13. The van der Waals surface area contributed by atoms with Crippen LogP contribution in [0.15, 0.2) is 23.2 Å². The zero-order valence-electron chi connectivity index (χ0n) is 9.24. The normalized spacial score (nSPS) is 24.0. The molecule has 1 saturated carbocycles. The second kappa shape index (κ2) is 3.68. The Balaban J connectivity index is 1.93. The Morgan fingerprint density at radius 3 is 2.71 bits per heavy atom. The molecule has 3 rings (SSSR count). The maximum atomic E-state index is 13.7. The van der Waals surface area contributed by atoms with Gasteiger partial charge in [-0.15, -0.1) is 0 Å². The molecule has 0 radical (unpaired) electrons. The van der Waals surface area contributed by atoms with Gasteiger partial charge in [-0.2, -0.15) is 0 Å². The van der Waals surface area contributed by atoms with E-state index in [4.69, 9.17) is 5.73 Å². The Labute approximate surface area is 97.9 Å². The van der Waals surface area contributed by atoms with Gasteiger partial charge < -0.3 is 10.6 Å². The molecule has 0 spiro atoms. The van der Waals surface area contributed by atoms with Crippen LogP contribution in [0.4, 0.5) is 8.78 Å². The van der Waals surface area contributed by atoms with Crippen LogP contribution >= 0.6 is 0 Å². The standard InChI is InChI=1S/C12H13F2N3/c13-7-1-4-9(10(14)5-7)11-6-16-12(15)17(11)8-2-3-8/h1,4-5,8,11H,2-3,6H2,(H2,15,16). The Morgan fingerprint density at radius 1 is 1.29 bits per heavy atom. The maximum Gasteiger partial charge on any atom is 0.192 e. The van der Waals surface area contributed by atoms with Crippen molar-refractivity contribution in [3.05, 3.63) is 35.4 Å². The molecule has 1 aliphatic carbocycles. The lowest BCUT2D eigenvalue weighted by molar-refractivity contribution is 0.329. The highest BCUT2D eigenvalue weighted by Crippen LogP contribution is 2.37. The zero-order chi connectivity index (χ0) is 12.0. The van der Waals surface area contributed by atoms with Crippen molar-refractivity contribution in [2.75, 3.05) is 6.54 Å². The van der Waals surface area contributed by atoms with Gasteiger partial charge in [-0.05, 0) is 18.9 Å². The molecule has 1 atom stereocenters. The lowest BCUT2D eigenvalue weighted by Gasteiger charge is -2.26. The topological polar surface area (TPSA) is 41.6 Å². The molecule has 90 valence electrons. The lowest BCUT2D eigenvalue weighted by atomic mass is 10.1. The molecule has 1 heterocycles. The fourth-order valence-electron chi connectivity index (χ4n) is 2.32. The quantitative estimate of drug-likeness (QED) is 0.852. The number of aliphatic imine (C=N–C) groups is 1. The second-order valence-electron chi connectivity index (χ2n) is 4.52. The molecule has 0 saturated heterocycles. The SMILES string of the molecule is NC1=NCC(c2ccc(F)cc2F)N1C1CC1. The van der Waals surface area contributed by atoms with Gasteiger partial charge in [-0.25, -0.2) is 8.78 Å². The summed E-state index contributed by atoms with van der Waals surface area (Å²) in [6, 6.07) is 3.87. The number of halogens is 2. The van der Waals surface area contributed by atoms with Gasteiger partial charge in [-0.1, -0.05) is 6.07 Å². The fourth-order valence-corrected chi connectivity index (χ4v) is 2.32. The van der Waals surface area contributed by atoms with Crippen molar-refractivity contribution in [1.29, 1.82) is 0 Å². The summed E-state index contributed by atoms with van der Waals surface area (Å²) in [5.41, 5.74) is 6.28. The largest absolute Gasteiger partial charge is 0.370 e. The van der Waals surface area contributed by atoms with Crippen molar-refractivity contribution in [2.24, 2.45) is 10.7 Å². The van der Waals surface area contributed by atoms with Crippen molar-refractivity contribution in [3.63, 3.8) is 0 Å². The van der Waals surface area contributed by atoms with Crippen LogP contribution in [0.25, 0.3) is 0 Å². The van der Waals surface area contributed by atoms with E-state index in [9.17, 15) is 8.78 Å². The highest BCUT2D eigenvalue weighted by molar-refractivity contribution is 5.81. The van der Waals surface area contributed by atoms with E-state index in [1.165, 1.54) is 12.1 Å². The maximum absolute atomic E-state index is 13.7. The van der Waals surface area contributed by atoms with Crippen molar-refractivity contribution in [3.8, 4) is 0 Å². The van der Waals surface area contributed by atoms with Gasteiger partial charge in [0.2, 0.25) is 0 Å². The predicted molar refractivity (Wildman–Crippen MR) is 60.4 cm³/mol. The van der Waals surface area contributed by atoms with Crippen LogP contribution in [0.1, 0.15) is 24.4 Å². The lowest BCUT2D eigenvalue weighted by Crippen LogP contribution is -2.38. The van der Waals surface area contributed by atoms with Gasteiger partial charge in [0, 0.05) is 17.7 Å². The molecule has 1 aromatic rings. The van der Waals surface area contributed by atoms with Crippen LogP contribution in [0.3, 0.4) is 0 Å². The summed E-state index contributed by atoms with van der Waals surface area (Å²) in [5.74, 6) is -0.608. The minimum Gasteiger partial charge on any atom is -0.370 e. The van der Waals surface area contributed by atoms with E-state index in [-0.39, 0.29) is 6.04 Å². The number of nitrogens with two attached hydrogens (primary N) is 1. The van der Waals surface area contributed by atoms with E-state index >= 15 is 0 Å². The van der Waals surface area contributed by atoms with Crippen LogP contribution in [0.2, 0.25) is 0 Å². The molecule has 0 amide bonds. The minimum absolute atomic E-state index is 0.178. The summed E-state index contributed by atoms with van der Waals surface area (Å²) < 4.78 is 26.6. The van der Waals surface area contributed by atoms with Gasteiger partial charge in [0.15, 0.2) is 5.96 Å².